The molecule has 3 fully saturated rings. The van der Waals surface area contributed by atoms with E-state index in [4.69, 9.17) is 0 Å². The van der Waals surface area contributed by atoms with Crippen molar-refractivity contribution in [2.75, 3.05) is 18.4 Å². The van der Waals surface area contributed by atoms with Crippen molar-refractivity contribution in [1.29, 1.82) is 0 Å². The molecule has 1 aromatic rings. The highest BCUT2D eigenvalue weighted by Crippen LogP contribution is 2.41. The van der Waals surface area contributed by atoms with Gasteiger partial charge in [0.2, 0.25) is 11.8 Å². The van der Waals surface area contributed by atoms with E-state index in [-0.39, 0.29) is 17.7 Å². The van der Waals surface area contributed by atoms with E-state index in [2.05, 4.69) is 10.3 Å². The molecule has 5 nitrogen and oxygen atoms in total. The van der Waals surface area contributed by atoms with Crippen LogP contribution in [0.3, 0.4) is 0 Å². The monoisotopic (exact) mass is 305 g/mol. The molecule has 2 amide bonds. The zero-order chi connectivity index (χ0) is 14.4. The molecular weight excluding hydrogens is 286 g/mol. The number of carbonyl (C=O) groups is 2. The van der Waals surface area contributed by atoms with Crippen LogP contribution in [0.25, 0.3) is 0 Å². The van der Waals surface area contributed by atoms with E-state index >= 15 is 0 Å². The maximum Gasteiger partial charge on any atom is 0.231 e. The summed E-state index contributed by atoms with van der Waals surface area (Å²) in [4.78, 5) is 30.5. The van der Waals surface area contributed by atoms with Gasteiger partial charge in [0.1, 0.15) is 0 Å². The third-order valence-electron chi connectivity index (χ3n) is 4.51. The minimum atomic E-state index is -0.218. The number of rotatable bonds is 5. The van der Waals surface area contributed by atoms with Gasteiger partial charge in [0.15, 0.2) is 5.13 Å². The van der Waals surface area contributed by atoms with Crippen LogP contribution in [-0.4, -0.2) is 34.8 Å². The molecule has 0 unspecified atom stereocenters. The summed E-state index contributed by atoms with van der Waals surface area (Å²) in [5, 5.41) is 5.60. The van der Waals surface area contributed by atoms with Crippen LogP contribution >= 0.6 is 11.3 Å². The number of anilines is 1. The van der Waals surface area contributed by atoms with E-state index in [1.165, 1.54) is 37.0 Å². The third-order valence-corrected chi connectivity index (χ3v) is 5.28. The second kappa shape index (κ2) is 5.09. The van der Waals surface area contributed by atoms with Gasteiger partial charge in [-0.25, -0.2) is 4.98 Å². The number of nitrogens with zero attached hydrogens (tertiary/aromatic N) is 2. The summed E-state index contributed by atoms with van der Waals surface area (Å²) in [5.74, 6) is 1.13. The maximum atomic E-state index is 12.3. The molecule has 0 radical (unpaired) electrons. The first-order valence-corrected chi connectivity index (χ1v) is 8.61. The summed E-state index contributed by atoms with van der Waals surface area (Å²) in [6.07, 6.45) is 5.22. The summed E-state index contributed by atoms with van der Waals surface area (Å²) in [6.45, 7) is 1.41. The van der Waals surface area contributed by atoms with Crippen LogP contribution in [0.15, 0.2) is 5.38 Å². The average Bonchev–Trinajstić information content (AvgIpc) is 3.37. The van der Waals surface area contributed by atoms with Crippen molar-refractivity contribution in [2.24, 2.45) is 11.8 Å². The van der Waals surface area contributed by atoms with Crippen molar-refractivity contribution in [3.63, 3.8) is 0 Å². The fourth-order valence-electron chi connectivity index (χ4n) is 2.85. The van der Waals surface area contributed by atoms with Gasteiger partial charge in [0.05, 0.1) is 11.6 Å². The minimum Gasteiger partial charge on any atom is -0.342 e. The van der Waals surface area contributed by atoms with E-state index < -0.39 is 0 Å². The van der Waals surface area contributed by atoms with Crippen molar-refractivity contribution in [3.05, 3.63) is 11.1 Å². The van der Waals surface area contributed by atoms with Gasteiger partial charge in [-0.3, -0.25) is 9.59 Å². The minimum absolute atomic E-state index is 0.0571. The maximum absolute atomic E-state index is 12.3. The Morgan fingerprint density at radius 2 is 2.19 bits per heavy atom. The van der Waals surface area contributed by atoms with Crippen LogP contribution in [0.5, 0.6) is 0 Å². The predicted molar refractivity (Wildman–Crippen MR) is 80.1 cm³/mol. The SMILES string of the molecule is O=C(Nc1nc(C2CC2)cs1)[C@H]1CC(=O)N(CC2CC2)C1. The fraction of sp³-hybridized carbons (Fsp3) is 0.667. The Morgan fingerprint density at radius 3 is 2.90 bits per heavy atom. The molecule has 112 valence electrons. The largest absolute Gasteiger partial charge is 0.342 e. The molecule has 1 aliphatic heterocycles. The first-order valence-electron chi connectivity index (χ1n) is 7.73. The molecule has 2 heterocycles. The molecular formula is C15H19N3O2S. The summed E-state index contributed by atoms with van der Waals surface area (Å²) in [6, 6.07) is 0. The Labute approximate surface area is 127 Å². The van der Waals surface area contributed by atoms with Gasteiger partial charge in [-0.15, -0.1) is 11.3 Å². The number of likely N-dealkylation sites (tertiary alicyclic amines) is 1. The van der Waals surface area contributed by atoms with E-state index in [1.54, 1.807) is 0 Å². The van der Waals surface area contributed by atoms with Gasteiger partial charge in [-0.05, 0) is 31.6 Å². The molecule has 0 aromatic carbocycles. The van der Waals surface area contributed by atoms with Gasteiger partial charge < -0.3 is 10.2 Å². The second-order valence-electron chi connectivity index (χ2n) is 6.48. The lowest BCUT2D eigenvalue weighted by Gasteiger charge is -2.15. The Kier molecular flexibility index (Phi) is 3.21. The molecule has 2 aliphatic carbocycles. The van der Waals surface area contributed by atoms with Gasteiger partial charge in [-0.2, -0.15) is 0 Å². The molecule has 1 aromatic heterocycles. The lowest BCUT2D eigenvalue weighted by molar-refractivity contribution is -0.128. The highest BCUT2D eigenvalue weighted by molar-refractivity contribution is 7.13. The van der Waals surface area contributed by atoms with Crippen LogP contribution in [-0.2, 0) is 9.59 Å². The van der Waals surface area contributed by atoms with Crippen LogP contribution in [0, 0.1) is 11.8 Å². The van der Waals surface area contributed by atoms with Crippen LogP contribution in [0.2, 0.25) is 0 Å². The lowest BCUT2D eigenvalue weighted by Crippen LogP contribution is -2.29. The number of amides is 2. The quantitative estimate of drug-likeness (QED) is 0.907. The molecule has 1 saturated heterocycles. The van der Waals surface area contributed by atoms with Crippen LogP contribution < -0.4 is 5.32 Å². The van der Waals surface area contributed by atoms with Crippen molar-refractivity contribution < 1.29 is 9.59 Å². The Balaban J connectivity index is 1.34. The summed E-state index contributed by atoms with van der Waals surface area (Å²) in [5.41, 5.74) is 1.10. The number of thiazole rings is 1. The average molecular weight is 305 g/mol. The molecule has 0 bridgehead atoms. The topological polar surface area (TPSA) is 62.3 Å². The normalized spacial score (nSPS) is 25.4. The van der Waals surface area contributed by atoms with Gasteiger partial charge in [0, 0.05) is 30.8 Å². The highest BCUT2D eigenvalue weighted by Gasteiger charge is 2.37. The molecule has 6 heteroatoms. The first-order chi connectivity index (χ1) is 10.2. The Hall–Kier alpha value is -1.43. The number of hydrogen-bond acceptors (Lipinski definition) is 4. The van der Waals surface area contributed by atoms with Crippen molar-refractivity contribution >= 4 is 28.3 Å². The summed E-state index contributed by atoms with van der Waals surface area (Å²) < 4.78 is 0. The standard InChI is InChI=1S/C15H19N3O2S/c19-13-5-11(7-18(13)6-9-1-2-9)14(20)17-15-16-12(8-21-15)10-3-4-10/h8-11H,1-7H2,(H,16,17,20)/t11-/m0/s1. The molecule has 2 saturated carbocycles. The molecule has 21 heavy (non-hydrogen) atoms. The van der Waals surface area contributed by atoms with Crippen molar-refractivity contribution in [1.82, 2.24) is 9.88 Å². The van der Waals surface area contributed by atoms with E-state index in [0.29, 0.717) is 29.9 Å². The fourth-order valence-corrected chi connectivity index (χ4v) is 3.65. The van der Waals surface area contributed by atoms with Crippen molar-refractivity contribution in [3.8, 4) is 0 Å². The molecule has 0 spiro atoms. The lowest BCUT2D eigenvalue weighted by atomic mass is 10.1. The number of nitrogens with one attached hydrogen (secondary N) is 1. The van der Waals surface area contributed by atoms with E-state index in [1.807, 2.05) is 10.3 Å². The number of hydrogen-bond donors (Lipinski definition) is 1. The second-order valence-corrected chi connectivity index (χ2v) is 7.34. The zero-order valence-corrected chi connectivity index (χ0v) is 12.7. The van der Waals surface area contributed by atoms with Crippen LogP contribution in [0.4, 0.5) is 5.13 Å². The molecule has 3 aliphatic rings. The Morgan fingerprint density at radius 1 is 1.38 bits per heavy atom. The van der Waals surface area contributed by atoms with Crippen LogP contribution in [0.1, 0.15) is 43.7 Å². The third kappa shape index (κ3) is 2.95. The molecule has 4 rings (SSSR count). The van der Waals surface area contributed by atoms with Gasteiger partial charge >= 0.3 is 0 Å². The highest BCUT2D eigenvalue weighted by atomic mass is 32.1. The smallest absolute Gasteiger partial charge is 0.231 e. The molecule has 1 atom stereocenters. The zero-order valence-electron chi connectivity index (χ0n) is 11.9. The van der Waals surface area contributed by atoms with Crippen molar-refractivity contribution in [2.45, 2.75) is 38.0 Å². The summed E-state index contributed by atoms with van der Waals surface area (Å²) >= 11 is 1.49. The van der Waals surface area contributed by atoms with Gasteiger partial charge in [-0.1, -0.05) is 0 Å². The van der Waals surface area contributed by atoms with E-state index in [0.717, 1.165) is 12.2 Å². The number of carbonyl (C=O) groups excluding carboxylic acids is 2. The van der Waals surface area contributed by atoms with E-state index in [9.17, 15) is 9.59 Å². The summed E-state index contributed by atoms with van der Waals surface area (Å²) in [7, 11) is 0. The number of aromatic nitrogens is 1. The molecule has 1 N–H and O–H groups in total. The first kappa shape index (κ1) is 13.2. The Bertz CT molecular complexity index is 577. The van der Waals surface area contributed by atoms with Gasteiger partial charge in [0.25, 0.3) is 0 Å². The predicted octanol–water partition coefficient (Wildman–Crippen LogP) is 2.22.